The molecule has 1 aromatic carbocycles. The molecule has 0 heterocycles. The number of hydrogen-bond donors (Lipinski definition) is 1. The summed E-state index contributed by atoms with van der Waals surface area (Å²) in [5.74, 6) is 2.43. The van der Waals surface area contributed by atoms with Crippen molar-refractivity contribution in [3.8, 4) is 0 Å². The number of fused-ring (bicyclic) bond motifs is 1. The summed E-state index contributed by atoms with van der Waals surface area (Å²) in [6.45, 7) is 2.39. The highest BCUT2D eigenvalue weighted by Gasteiger charge is 2.31. The Kier molecular flexibility index (Phi) is 3.93. The van der Waals surface area contributed by atoms with E-state index in [1.54, 1.807) is 11.1 Å². The highest BCUT2D eigenvalue weighted by molar-refractivity contribution is 5.30. The first-order valence-corrected chi connectivity index (χ1v) is 8.06. The predicted molar refractivity (Wildman–Crippen MR) is 81.1 cm³/mol. The van der Waals surface area contributed by atoms with Crippen molar-refractivity contribution in [2.24, 2.45) is 23.5 Å². The first kappa shape index (κ1) is 13.2. The maximum absolute atomic E-state index is 6.63. The van der Waals surface area contributed by atoms with Crippen molar-refractivity contribution in [1.29, 1.82) is 0 Å². The molecule has 0 aliphatic heterocycles. The van der Waals surface area contributed by atoms with Gasteiger partial charge in [-0.2, -0.15) is 0 Å². The summed E-state index contributed by atoms with van der Waals surface area (Å²) in [4.78, 5) is 0. The van der Waals surface area contributed by atoms with E-state index in [4.69, 9.17) is 5.73 Å². The number of rotatable bonds is 2. The second-order valence-corrected chi connectivity index (χ2v) is 6.87. The van der Waals surface area contributed by atoms with Gasteiger partial charge in [-0.1, -0.05) is 44.0 Å². The van der Waals surface area contributed by atoms with E-state index in [1.165, 1.54) is 44.9 Å². The molecule has 2 atom stereocenters. The first-order valence-electron chi connectivity index (χ1n) is 8.06. The largest absolute Gasteiger partial charge is 0.327 e. The normalized spacial score (nSPS) is 32.6. The fourth-order valence-electron chi connectivity index (χ4n) is 4.11. The van der Waals surface area contributed by atoms with Crippen LogP contribution >= 0.6 is 0 Å². The fourth-order valence-corrected chi connectivity index (χ4v) is 4.11. The molecular weight excluding hydrogens is 230 g/mol. The molecule has 2 aliphatic rings. The van der Waals surface area contributed by atoms with Crippen molar-refractivity contribution in [2.75, 3.05) is 0 Å². The summed E-state index contributed by atoms with van der Waals surface area (Å²) >= 11 is 0. The molecule has 2 aliphatic carbocycles. The standard InChI is InChI=1S/C18H27N/c1-13-6-8-15(9-7-13)18(19)17-11-10-14-4-2-3-5-16(14)12-17/h2-5,13,15,17-18H,6-12,19H2,1H3. The molecule has 1 saturated carbocycles. The van der Waals surface area contributed by atoms with E-state index in [9.17, 15) is 0 Å². The molecule has 0 amide bonds. The van der Waals surface area contributed by atoms with E-state index in [0.717, 1.165) is 11.8 Å². The second kappa shape index (κ2) is 5.66. The molecular formula is C18H27N. The van der Waals surface area contributed by atoms with Crippen LogP contribution in [0.3, 0.4) is 0 Å². The van der Waals surface area contributed by atoms with Crippen LogP contribution in [0.15, 0.2) is 24.3 Å². The van der Waals surface area contributed by atoms with Crippen LogP contribution in [0.5, 0.6) is 0 Å². The summed E-state index contributed by atoms with van der Waals surface area (Å²) in [5, 5.41) is 0. The van der Waals surface area contributed by atoms with Gasteiger partial charge in [0.05, 0.1) is 0 Å². The van der Waals surface area contributed by atoms with Gasteiger partial charge >= 0.3 is 0 Å². The van der Waals surface area contributed by atoms with Crippen LogP contribution in [0.4, 0.5) is 0 Å². The van der Waals surface area contributed by atoms with Crippen LogP contribution in [0, 0.1) is 17.8 Å². The van der Waals surface area contributed by atoms with E-state index < -0.39 is 0 Å². The van der Waals surface area contributed by atoms with Crippen LogP contribution in [-0.4, -0.2) is 6.04 Å². The number of aryl methyl sites for hydroxylation is 1. The van der Waals surface area contributed by atoms with Gasteiger partial charge in [-0.25, -0.2) is 0 Å². The van der Waals surface area contributed by atoms with Gasteiger partial charge in [0.2, 0.25) is 0 Å². The van der Waals surface area contributed by atoms with Gasteiger partial charge in [0.1, 0.15) is 0 Å². The second-order valence-electron chi connectivity index (χ2n) is 6.87. The summed E-state index contributed by atoms with van der Waals surface area (Å²) in [6.07, 6.45) is 9.25. The average Bonchev–Trinajstić information content (AvgIpc) is 2.47. The predicted octanol–water partition coefficient (Wildman–Crippen LogP) is 3.95. The zero-order valence-corrected chi connectivity index (χ0v) is 12.1. The topological polar surface area (TPSA) is 26.0 Å². The summed E-state index contributed by atoms with van der Waals surface area (Å²) in [7, 11) is 0. The highest BCUT2D eigenvalue weighted by Crippen LogP contribution is 2.36. The Bertz CT molecular complexity index is 417. The Morgan fingerprint density at radius 1 is 0.947 bits per heavy atom. The lowest BCUT2D eigenvalue weighted by Gasteiger charge is -2.37. The Morgan fingerprint density at radius 2 is 1.63 bits per heavy atom. The van der Waals surface area contributed by atoms with Crippen LogP contribution in [0.25, 0.3) is 0 Å². The van der Waals surface area contributed by atoms with Gasteiger partial charge in [0, 0.05) is 6.04 Å². The quantitative estimate of drug-likeness (QED) is 0.853. The highest BCUT2D eigenvalue weighted by atomic mass is 14.7. The fraction of sp³-hybridized carbons (Fsp3) is 0.667. The molecule has 0 aromatic heterocycles. The molecule has 2 N–H and O–H groups in total. The smallest absolute Gasteiger partial charge is 0.00989 e. The van der Waals surface area contributed by atoms with Gasteiger partial charge in [-0.3, -0.25) is 0 Å². The third-order valence-electron chi connectivity index (χ3n) is 5.53. The van der Waals surface area contributed by atoms with Crippen molar-refractivity contribution < 1.29 is 0 Å². The summed E-state index contributed by atoms with van der Waals surface area (Å²) in [6, 6.07) is 9.37. The van der Waals surface area contributed by atoms with Gasteiger partial charge in [0.15, 0.2) is 0 Å². The molecule has 1 fully saturated rings. The number of hydrogen-bond acceptors (Lipinski definition) is 1. The molecule has 104 valence electrons. The molecule has 3 rings (SSSR count). The molecule has 0 spiro atoms. The van der Waals surface area contributed by atoms with Gasteiger partial charge in [-0.15, -0.1) is 0 Å². The zero-order chi connectivity index (χ0) is 13.2. The summed E-state index contributed by atoms with van der Waals surface area (Å²) < 4.78 is 0. The van der Waals surface area contributed by atoms with Gasteiger partial charge in [0.25, 0.3) is 0 Å². The van der Waals surface area contributed by atoms with E-state index in [1.807, 2.05) is 0 Å². The molecule has 0 radical (unpaired) electrons. The van der Waals surface area contributed by atoms with Crippen molar-refractivity contribution >= 4 is 0 Å². The van der Waals surface area contributed by atoms with E-state index in [0.29, 0.717) is 12.0 Å². The zero-order valence-electron chi connectivity index (χ0n) is 12.1. The number of benzene rings is 1. The van der Waals surface area contributed by atoms with Crippen molar-refractivity contribution in [2.45, 2.75) is 57.9 Å². The Hall–Kier alpha value is -0.820. The van der Waals surface area contributed by atoms with Crippen molar-refractivity contribution in [3.05, 3.63) is 35.4 Å². The lowest BCUT2D eigenvalue weighted by atomic mass is 9.71. The first-order chi connectivity index (χ1) is 9.24. The summed E-state index contributed by atoms with van der Waals surface area (Å²) in [5.41, 5.74) is 9.74. The average molecular weight is 257 g/mol. The SMILES string of the molecule is CC1CCC(C(N)C2CCc3ccccc3C2)CC1. The maximum Gasteiger partial charge on any atom is 0.00989 e. The van der Waals surface area contributed by atoms with E-state index in [2.05, 4.69) is 31.2 Å². The number of nitrogens with two attached hydrogens (primary N) is 1. The molecule has 0 saturated heterocycles. The van der Waals surface area contributed by atoms with Gasteiger partial charge < -0.3 is 5.73 Å². The molecule has 1 nitrogen and oxygen atoms in total. The van der Waals surface area contributed by atoms with Crippen LogP contribution in [0.1, 0.15) is 50.2 Å². The lowest BCUT2D eigenvalue weighted by Crippen LogP contribution is -2.41. The molecule has 1 heteroatoms. The van der Waals surface area contributed by atoms with Crippen LogP contribution in [-0.2, 0) is 12.8 Å². The van der Waals surface area contributed by atoms with Crippen molar-refractivity contribution in [1.82, 2.24) is 0 Å². The minimum absolute atomic E-state index is 0.431. The molecule has 19 heavy (non-hydrogen) atoms. The monoisotopic (exact) mass is 257 g/mol. The van der Waals surface area contributed by atoms with Crippen molar-refractivity contribution in [3.63, 3.8) is 0 Å². The van der Waals surface area contributed by atoms with E-state index >= 15 is 0 Å². The molecule has 1 aromatic rings. The third-order valence-corrected chi connectivity index (χ3v) is 5.53. The minimum Gasteiger partial charge on any atom is -0.327 e. The van der Waals surface area contributed by atoms with E-state index in [-0.39, 0.29) is 0 Å². The molecule has 0 bridgehead atoms. The van der Waals surface area contributed by atoms with Crippen LogP contribution in [0.2, 0.25) is 0 Å². The Labute approximate surface area is 117 Å². The Morgan fingerprint density at radius 3 is 2.37 bits per heavy atom. The van der Waals surface area contributed by atoms with Crippen LogP contribution < -0.4 is 5.73 Å². The lowest BCUT2D eigenvalue weighted by molar-refractivity contribution is 0.202. The minimum atomic E-state index is 0.431. The van der Waals surface area contributed by atoms with Gasteiger partial charge in [-0.05, 0) is 61.0 Å². The third kappa shape index (κ3) is 2.86. The Balaban J connectivity index is 1.64. The molecule has 2 unspecified atom stereocenters. The maximum atomic E-state index is 6.63.